The lowest BCUT2D eigenvalue weighted by molar-refractivity contribution is -0.142. The fourth-order valence-corrected chi connectivity index (χ4v) is 5.28. The highest BCUT2D eigenvalue weighted by atomic mass is 32.1. The first-order valence-electron chi connectivity index (χ1n) is 12.2. The largest absolute Gasteiger partial charge is 0.379 e. The quantitative estimate of drug-likeness (QED) is 0.582. The van der Waals surface area contributed by atoms with Crippen molar-refractivity contribution in [3.63, 3.8) is 0 Å². The van der Waals surface area contributed by atoms with E-state index < -0.39 is 0 Å². The van der Waals surface area contributed by atoms with Gasteiger partial charge in [0.25, 0.3) is 5.91 Å². The number of morpholine rings is 1. The van der Waals surface area contributed by atoms with E-state index in [4.69, 9.17) is 9.84 Å². The first-order chi connectivity index (χ1) is 16.6. The van der Waals surface area contributed by atoms with Crippen molar-refractivity contribution in [3.05, 3.63) is 57.8 Å². The number of thiophene rings is 1. The monoisotopic (exact) mass is 480 g/mol. The standard InChI is InChI=1S/C26H32N4O3S/c1-19-4-6-20(7-5-19)23-17-22(24-3-2-16-34-24)27-30(23)25(31)18-29(26(32)21-8-9-21)11-10-28-12-14-33-15-13-28/h2-7,16,21,23H,8-15,17-18H2,1H3/t23-/m1/s1. The Bertz CT molecular complexity index is 1030. The molecule has 2 amide bonds. The van der Waals surface area contributed by atoms with Gasteiger partial charge in [0.05, 0.1) is 29.8 Å². The van der Waals surface area contributed by atoms with Gasteiger partial charge in [0.1, 0.15) is 6.54 Å². The fraction of sp³-hybridized carbons (Fsp3) is 0.500. The van der Waals surface area contributed by atoms with Crippen LogP contribution in [-0.4, -0.2) is 78.3 Å². The first kappa shape index (κ1) is 23.2. The Morgan fingerprint density at radius 3 is 2.59 bits per heavy atom. The molecule has 1 atom stereocenters. The summed E-state index contributed by atoms with van der Waals surface area (Å²) in [6.07, 6.45) is 2.54. The number of carbonyl (C=O) groups excluding carboxylic acids is 2. The molecule has 0 spiro atoms. The maximum Gasteiger partial charge on any atom is 0.262 e. The van der Waals surface area contributed by atoms with E-state index in [1.807, 2.05) is 11.4 Å². The summed E-state index contributed by atoms with van der Waals surface area (Å²) in [4.78, 5) is 31.8. The van der Waals surface area contributed by atoms with Gasteiger partial charge < -0.3 is 9.64 Å². The van der Waals surface area contributed by atoms with Crippen LogP contribution in [0.25, 0.3) is 0 Å². The molecule has 1 aromatic carbocycles. The van der Waals surface area contributed by atoms with Gasteiger partial charge >= 0.3 is 0 Å². The van der Waals surface area contributed by atoms with Crippen molar-refractivity contribution in [2.75, 3.05) is 45.9 Å². The molecule has 0 bridgehead atoms. The van der Waals surface area contributed by atoms with E-state index in [0.29, 0.717) is 13.0 Å². The molecule has 0 N–H and O–H groups in total. The van der Waals surface area contributed by atoms with Crippen LogP contribution < -0.4 is 0 Å². The van der Waals surface area contributed by atoms with Gasteiger partial charge in [0.15, 0.2) is 0 Å². The third kappa shape index (κ3) is 5.40. The van der Waals surface area contributed by atoms with E-state index in [0.717, 1.165) is 61.8 Å². The molecule has 5 rings (SSSR count). The van der Waals surface area contributed by atoms with Gasteiger partial charge in [-0.1, -0.05) is 35.9 Å². The molecular weight excluding hydrogens is 448 g/mol. The van der Waals surface area contributed by atoms with Crippen molar-refractivity contribution in [2.24, 2.45) is 11.0 Å². The van der Waals surface area contributed by atoms with E-state index in [2.05, 4.69) is 42.2 Å². The second kappa shape index (κ2) is 10.4. The fourth-order valence-electron chi connectivity index (χ4n) is 4.56. The Morgan fingerprint density at radius 2 is 1.91 bits per heavy atom. The summed E-state index contributed by atoms with van der Waals surface area (Å²) in [5.74, 6) is 0.0670. The molecule has 0 unspecified atom stereocenters. The van der Waals surface area contributed by atoms with Crippen LogP contribution in [0.2, 0.25) is 0 Å². The number of benzene rings is 1. The van der Waals surface area contributed by atoms with Gasteiger partial charge in [-0.3, -0.25) is 14.5 Å². The van der Waals surface area contributed by atoms with Crippen LogP contribution in [0.3, 0.4) is 0 Å². The maximum absolute atomic E-state index is 13.6. The number of hydrazone groups is 1. The van der Waals surface area contributed by atoms with E-state index in [1.54, 1.807) is 21.2 Å². The molecule has 2 aliphatic heterocycles. The predicted molar refractivity (Wildman–Crippen MR) is 133 cm³/mol. The number of ether oxygens (including phenoxy) is 1. The molecule has 3 heterocycles. The highest BCUT2D eigenvalue weighted by Crippen LogP contribution is 2.35. The predicted octanol–water partition coefficient (Wildman–Crippen LogP) is 3.31. The second-order valence-corrected chi connectivity index (χ2v) is 10.3. The Kier molecular flexibility index (Phi) is 7.08. The van der Waals surface area contributed by atoms with E-state index >= 15 is 0 Å². The molecule has 0 radical (unpaired) electrons. The lowest BCUT2D eigenvalue weighted by atomic mass is 10.00. The highest BCUT2D eigenvalue weighted by Gasteiger charge is 2.38. The summed E-state index contributed by atoms with van der Waals surface area (Å²) in [5.41, 5.74) is 3.19. The zero-order valence-electron chi connectivity index (χ0n) is 19.7. The SMILES string of the molecule is Cc1ccc([C@H]2CC(c3cccs3)=NN2C(=O)CN(CCN2CCOCC2)C(=O)C2CC2)cc1. The Hall–Kier alpha value is -2.55. The van der Waals surface area contributed by atoms with Crippen molar-refractivity contribution < 1.29 is 14.3 Å². The van der Waals surface area contributed by atoms with Crippen molar-refractivity contribution in [1.82, 2.24) is 14.8 Å². The van der Waals surface area contributed by atoms with Gasteiger partial charge in [-0.25, -0.2) is 5.01 Å². The average Bonchev–Trinajstić information content (AvgIpc) is 3.37. The summed E-state index contributed by atoms with van der Waals surface area (Å²) in [6.45, 7) is 6.65. The molecule has 3 aliphatic rings. The summed E-state index contributed by atoms with van der Waals surface area (Å²) in [6, 6.07) is 12.2. The number of aryl methyl sites for hydroxylation is 1. The van der Waals surface area contributed by atoms with Crippen LogP contribution >= 0.6 is 11.3 Å². The third-order valence-electron chi connectivity index (χ3n) is 6.79. The first-order valence-corrected chi connectivity index (χ1v) is 13.1. The molecular formula is C26H32N4O3S. The van der Waals surface area contributed by atoms with Crippen molar-refractivity contribution in [1.29, 1.82) is 0 Å². The number of hydrogen-bond donors (Lipinski definition) is 0. The molecule has 2 fully saturated rings. The minimum absolute atomic E-state index is 0.0727. The van der Waals surface area contributed by atoms with Crippen LogP contribution in [-0.2, 0) is 14.3 Å². The molecule has 1 aliphatic carbocycles. The Morgan fingerprint density at radius 1 is 1.15 bits per heavy atom. The topological polar surface area (TPSA) is 65.5 Å². The van der Waals surface area contributed by atoms with Gasteiger partial charge in [0, 0.05) is 38.5 Å². The molecule has 180 valence electrons. The number of amides is 2. The van der Waals surface area contributed by atoms with Crippen LogP contribution in [0.15, 0.2) is 46.9 Å². The molecule has 1 saturated heterocycles. The Balaban J connectivity index is 1.33. The summed E-state index contributed by atoms with van der Waals surface area (Å²) in [5, 5.41) is 8.44. The maximum atomic E-state index is 13.6. The molecule has 7 nitrogen and oxygen atoms in total. The van der Waals surface area contributed by atoms with E-state index in [1.165, 1.54) is 5.56 Å². The highest BCUT2D eigenvalue weighted by molar-refractivity contribution is 7.12. The number of carbonyl (C=O) groups is 2. The molecule has 8 heteroatoms. The zero-order valence-corrected chi connectivity index (χ0v) is 20.5. The summed E-state index contributed by atoms with van der Waals surface area (Å²) >= 11 is 1.64. The molecule has 34 heavy (non-hydrogen) atoms. The van der Waals surface area contributed by atoms with Gasteiger partial charge in [-0.2, -0.15) is 5.10 Å². The molecule has 2 aromatic rings. The van der Waals surface area contributed by atoms with Gasteiger partial charge in [-0.05, 0) is 36.8 Å². The van der Waals surface area contributed by atoms with Crippen molar-refractivity contribution >= 4 is 28.9 Å². The minimum Gasteiger partial charge on any atom is -0.379 e. The zero-order chi connectivity index (χ0) is 23.5. The number of nitrogens with zero attached hydrogens (tertiary/aromatic N) is 4. The van der Waals surface area contributed by atoms with Crippen LogP contribution in [0.1, 0.15) is 41.3 Å². The lowest BCUT2D eigenvalue weighted by Crippen LogP contribution is -2.47. The van der Waals surface area contributed by atoms with Crippen LogP contribution in [0, 0.1) is 12.8 Å². The number of hydrogen-bond acceptors (Lipinski definition) is 6. The van der Waals surface area contributed by atoms with Crippen LogP contribution in [0.4, 0.5) is 0 Å². The normalized spacial score (nSPS) is 20.9. The molecule has 1 aromatic heterocycles. The van der Waals surface area contributed by atoms with Gasteiger partial charge in [-0.15, -0.1) is 11.3 Å². The number of rotatable bonds is 8. The van der Waals surface area contributed by atoms with Gasteiger partial charge in [0.2, 0.25) is 5.91 Å². The smallest absolute Gasteiger partial charge is 0.262 e. The van der Waals surface area contributed by atoms with Crippen molar-refractivity contribution in [3.8, 4) is 0 Å². The van der Waals surface area contributed by atoms with Crippen LogP contribution in [0.5, 0.6) is 0 Å². The van der Waals surface area contributed by atoms with E-state index in [-0.39, 0.29) is 30.3 Å². The summed E-state index contributed by atoms with van der Waals surface area (Å²) < 4.78 is 5.44. The van der Waals surface area contributed by atoms with Crippen molar-refractivity contribution in [2.45, 2.75) is 32.2 Å². The minimum atomic E-state index is -0.151. The molecule has 1 saturated carbocycles. The van der Waals surface area contributed by atoms with E-state index in [9.17, 15) is 9.59 Å². The Labute approximate surface area is 205 Å². The lowest BCUT2D eigenvalue weighted by Gasteiger charge is -2.31. The average molecular weight is 481 g/mol. The summed E-state index contributed by atoms with van der Waals surface area (Å²) in [7, 11) is 0. The third-order valence-corrected chi connectivity index (χ3v) is 7.71. The second-order valence-electron chi connectivity index (χ2n) is 9.38.